The van der Waals surface area contributed by atoms with E-state index in [4.69, 9.17) is 5.21 Å². The maximum absolute atomic E-state index is 12.3. The van der Waals surface area contributed by atoms with Gasteiger partial charge in [0.2, 0.25) is 5.91 Å². The first-order chi connectivity index (χ1) is 18.4. The summed E-state index contributed by atoms with van der Waals surface area (Å²) in [6, 6.07) is 21.5. The predicted octanol–water partition coefficient (Wildman–Crippen LogP) is 2.12. The molecular weight excluding hydrogens is 484 g/mol. The molecule has 38 heavy (non-hydrogen) atoms. The fourth-order valence-corrected chi connectivity index (χ4v) is 3.19. The summed E-state index contributed by atoms with van der Waals surface area (Å²) >= 11 is 0. The number of hydroxylamine groups is 1. The van der Waals surface area contributed by atoms with E-state index in [0.29, 0.717) is 11.3 Å². The average Bonchev–Trinajstić information content (AvgIpc) is 2.94. The van der Waals surface area contributed by atoms with Crippen molar-refractivity contribution in [3.05, 3.63) is 95.6 Å². The van der Waals surface area contributed by atoms with Crippen LogP contribution in [-0.2, 0) is 9.59 Å². The van der Waals surface area contributed by atoms with Crippen LogP contribution in [0.2, 0.25) is 0 Å². The minimum Gasteiger partial charge on any atom is -0.391 e. The van der Waals surface area contributed by atoms with Crippen LogP contribution in [0.3, 0.4) is 0 Å². The second-order valence-electron chi connectivity index (χ2n) is 8.09. The SMILES string of the molecule is C[C@@H](O)[C@H](NC(=O)c1ccc(C#CC#Cc2ccc(NC(=O)CNc3ccccc3)cc2)cc1)C(=O)NO. The first-order valence-electron chi connectivity index (χ1n) is 11.6. The Morgan fingerprint density at radius 3 is 1.95 bits per heavy atom. The van der Waals surface area contributed by atoms with E-state index in [-0.39, 0.29) is 18.0 Å². The summed E-state index contributed by atoms with van der Waals surface area (Å²) in [5, 5.41) is 26.6. The van der Waals surface area contributed by atoms with Crippen molar-refractivity contribution in [2.24, 2.45) is 0 Å². The van der Waals surface area contributed by atoms with Crippen LogP contribution in [0.15, 0.2) is 78.9 Å². The topological polar surface area (TPSA) is 140 Å². The summed E-state index contributed by atoms with van der Waals surface area (Å²) in [6.07, 6.45) is -1.20. The number of para-hydroxylation sites is 1. The number of carbonyl (C=O) groups is 3. The zero-order chi connectivity index (χ0) is 27.3. The van der Waals surface area contributed by atoms with Crippen molar-refractivity contribution in [1.29, 1.82) is 0 Å². The molecule has 0 aliphatic carbocycles. The van der Waals surface area contributed by atoms with Gasteiger partial charge in [0.25, 0.3) is 11.8 Å². The van der Waals surface area contributed by atoms with Gasteiger partial charge >= 0.3 is 0 Å². The normalized spacial score (nSPS) is 11.3. The van der Waals surface area contributed by atoms with Crippen molar-refractivity contribution in [2.45, 2.75) is 19.1 Å². The van der Waals surface area contributed by atoms with Crippen molar-refractivity contribution in [2.75, 3.05) is 17.2 Å². The van der Waals surface area contributed by atoms with Gasteiger partial charge in [-0.1, -0.05) is 30.0 Å². The first kappa shape index (κ1) is 27.5. The van der Waals surface area contributed by atoms with Crippen LogP contribution in [0.1, 0.15) is 28.4 Å². The molecule has 9 nitrogen and oxygen atoms in total. The highest BCUT2D eigenvalue weighted by molar-refractivity contribution is 5.97. The van der Waals surface area contributed by atoms with Gasteiger partial charge < -0.3 is 21.1 Å². The fraction of sp³-hybridized carbons (Fsp3) is 0.138. The van der Waals surface area contributed by atoms with Crippen LogP contribution in [0, 0.1) is 23.7 Å². The van der Waals surface area contributed by atoms with Gasteiger partial charge in [-0.15, -0.1) is 0 Å². The summed E-state index contributed by atoms with van der Waals surface area (Å²) in [5.41, 5.74) is 4.53. The van der Waals surface area contributed by atoms with E-state index >= 15 is 0 Å². The Labute approximate surface area is 220 Å². The third-order valence-electron chi connectivity index (χ3n) is 5.18. The molecule has 0 aliphatic heterocycles. The van der Waals surface area contributed by atoms with E-state index < -0.39 is 24.0 Å². The molecule has 0 bridgehead atoms. The smallest absolute Gasteiger partial charge is 0.268 e. The minimum absolute atomic E-state index is 0.149. The molecule has 0 radical (unpaired) electrons. The van der Waals surface area contributed by atoms with E-state index in [9.17, 15) is 19.5 Å². The average molecular weight is 511 g/mol. The van der Waals surface area contributed by atoms with Gasteiger partial charge in [-0.3, -0.25) is 19.6 Å². The Kier molecular flexibility index (Phi) is 10.0. The predicted molar refractivity (Wildman–Crippen MR) is 143 cm³/mol. The maximum atomic E-state index is 12.3. The van der Waals surface area contributed by atoms with E-state index in [0.717, 1.165) is 11.3 Å². The quantitative estimate of drug-likeness (QED) is 0.156. The highest BCUT2D eigenvalue weighted by Crippen LogP contribution is 2.10. The molecule has 3 aromatic carbocycles. The molecule has 0 fully saturated rings. The van der Waals surface area contributed by atoms with Crippen molar-refractivity contribution >= 4 is 29.1 Å². The maximum Gasteiger partial charge on any atom is 0.268 e. The molecular formula is C29H26N4O5. The molecule has 0 spiro atoms. The molecule has 3 amide bonds. The van der Waals surface area contributed by atoms with Crippen LogP contribution in [0.25, 0.3) is 0 Å². The van der Waals surface area contributed by atoms with Crippen LogP contribution in [0.4, 0.5) is 11.4 Å². The Hall–Kier alpha value is -5.09. The second-order valence-corrected chi connectivity index (χ2v) is 8.09. The number of nitrogens with one attached hydrogen (secondary N) is 4. The molecule has 2 atom stereocenters. The van der Waals surface area contributed by atoms with Crippen molar-refractivity contribution in [3.8, 4) is 23.7 Å². The Morgan fingerprint density at radius 2 is 1.39 bits per heavy atom. The molecule has 3 aromatic rings. The summed E-state index contributed by atoms with van der Waals surface area (Å²) < 4.78 is 0. The van der Waals surface area contributed by atoms with Crippen LogP contribution < -0.4 is 21.4 Å². The number of hydrogen-bond acceptors (Lipinski definition) is 6. The number of rotatable bonds is 8. The van der Waals surface area contributed by atoms with E-state index in [1.807, 2.05) is 30.3 Å². The van der Waals surface area contributed by atoms with Gasteiger partial charge in [-0.25, -0.2) is 5.48 Å². The zero-order valence-corrected chi connectivity index (χ0v) is 20.5. The summed E-state index contributed by atoms with van der Waals surface area (Å²) in [7, 11) is 0. The van der Waals surface area contributed by atoms with Gasteiger partial charge in [0.1, 0.15) is 6.04 Å². The lowest BCUT2D eigenvalue weighted by Gasteiger charge is -2.19. The summed E-state index contributed by atoms with van der Waals surface area (Å²) in [4.78, 5) is 36.0. The third-order valence-corrected chi connectivity index (χ3v) is 5.18. The number of carbonyl (C=O) groups excluding carboxylic acids is 3. The van der Waals surface area contributed by atoms with Crippen molar-refractivity contribution in [3.63, 3.8) is 0 Å². The molecule has 6 N–H and O–H groups in total. The molecule has 192 valence electrons. The van der Waals surface area contributed by atoms with Crippen LogP contribution in [-0.4, -0.2) is 46.7 Å². The lowest BCUT2D eigenvalue weighted by atomic mass is 10.1. The number of aliphatic hydroxyl groups is 1. The Morgan fingerprint density at radius 1 is 0.816 bits per heavy atom. The zero-order valence-electron chi connectivity index (χ0n) is 20.5. The molecule has 0 unspecified atom stereocenters. The molecule has 0 saturated carbocycles. The van der Waals surface area contributed by atoms with E-state index in [1.165, 1.54) is 24.5 Å². The molecule has 0 aliphatic rings. The monoisotopic (exact) mass is 510 g/mol. The lowest BCUT2D eigenvalue weighted by molar-refractivity contribution is -0.133. The molecule has 0 saturated heterocycles. The second kappa shape index (κ2) is 13.9. The molecule has 3 rings (SSSR count). The minimum atomic E-state index is -1.30. The molecule has 0 heterocycles. The van der Waals surface area contributed by atoms with E-state index in [2.05, 4.69) is 39.6 Å². The largest absolute Gasteiger partial charge is 0.391 e. The summed E-state index contributed by atoms with van der Waals surface area (Å²) in [5.74, 6) is 9.62. The lowest BCUT2D eigenvalue weighted by Crippen LogP contribution is -2.51. The first-order valence-corrected chi connectivity index (χ1v) is 11.6. The van der Waals surface area contributed by atoms with Gasteiger partial charge in [0.15, 0.2) is 0 Å². The molecule has 0 aromatic heterocycles. The summed E-state index contributed by atoms with van der Waals surface area (Å²) in [6.45, 7) is 1.47. The van der Waals surface area contributed by atoms with Gasteiger partial charge in [0.05, 0.1) is 12.6 Å². The van der Waals surface area contributed by atoms with Crippen LogP contribution >= 0.6 is 0 Å². The number of amides is 3. The molecule has 9 heteroatoms. The van der Waals surface area contributed by atoms with E-state index in [1.54, 1.807) is 36.4 Å². The Bertz CT molecular complexity index is 1380. The highest BCUT2D eigenvalue weighted by atomic mass is 16.5. The standard InChI is InChI=1S/C29H26N4O5/c1-20(34)27(29(37)33-38)32-28(36)23-15-11-21(12-16-23)7-5-6-8-22-13-17-25(18-14-22)31-26(35)19-30-24-9-3-2-4-10-24/h2-4,9-18,20,27,30,34,38H,19H2,1H3,(H,31,35)(H,32,36)(H,33,37)/t20-,27+/m1/s1. The van der Waals surface area contributed by atoms with Gasteiger partial charge in [-0.05, 0) is 79.4 Å². The highest BCUT2D eigenvalue weighted by Gasteiger charge is 2.25. The third kappa shape index (κ3) is 8.54. The van der Waals surface area contributed by atoms with Crippen LogP contribution in [0.5, 0.6) is 0 Å². The number of benzene rings is 3. The van der Waals surface area contributed by atoms with Gasteiger partial charge in [0, 0.05) is 28.1 Å². The Balaban J connectivity index is 1.51. The fourth-order valence-electron chi connectivity index (χ4n) is 3.19. The van der Waals surface area contributed by atoms with Crippen molar-refractivity contribution < 1.29 is 24.7 Å². The van der Waals surface area contributed by atoms with Gasteiger partial charge in [-0.2, -0.15) is 0 Å². The number of anilines is 2. The number of aliphatic hydroxyl groups excluding tert-OH is 1. The van der Waals surface area contributed by atoms with Crippen molar-refractivity contribution in [1.82, 2.24) is 10.8 Å². The number of hydrogen-bond donors (Lipinski definition) is 6.